The van der Waals surface area contributed by atoms with Gasteiger partial charge in [-0.15, -0.1) is 0 Å². The lowest BCUT2D eigenvalue weighted by molar-refractivity contribution is 0.560. The highest BCUT2D eigenvalue weighted by Crippen LogP contribution is 2.15. The first-order valence-electron chi connectivity index (χ1n) is 8.79. The first-order chi connectivity index (χ1) is 10.2. The Bertz CT molecular complexity index is 339. The molecule has 0 saturated heterocycles. The smallest absolute Gasteiger partial charge is 0.0361 e. The average Bonchev–Trinajstić information content (AvgIpc) is 2.49. The summed E-state index contributed by atoms with van der Waals surface area (Å²) in [4.78, 5) is 2.15. The molecule has 0 aliphatic heterocycles. The van der Waals surface area contributed by atoms with Crippen molar-refractivity contribution in [3.8, 4) is 0 Å². The highest BCUT2D eigenvalue weighted by atomic mass is 15.1. The molecule has 0 aliphatic rings. The summed E-state index contributed by atoms with van der Waals surface area (Å²) in [6.45, 7) is 3.89. The largest absolute Gasteiger partial charge is 0.378 e. The predicted molar refractivity (Wildman–Crippen MR) is 96.0 cm³/mol. The van der Waals surface area contributed by atoms with E-state index in [2.05, 4.69) is 50.2 Å². The number of nitrogens with zero attached hydrogens (tertiary/aromatic N) is 1. The average molecular weight is 288 g/mol. The lowest BCUT2D eigenvalue weighted by Gasteiger charge is -2.12. The number of hydrogen-bond acceptors (Lipinski definition) is 1. The summed E-state index contributed by atoms with van der Waals surface area (Å²) >= 11 is 0. The molecule has 0 N–H and O–H groups in total. The maximum atomic E-state index is 3.89. The Balaban J connectivity index is 1.96. The Kier molecular flexibility index (Phi) is 10.0. The lowest BCUT2D eigenvalue weighted by atomic mass is 10.0. The Morgan fingerprint density at radius 3 is 1.67 bits per heavy atom. The van der Waals surface area contributed by atoms with Gasteiger partial charge in [0.25, 0.3) is 0 Å². The summed E-state index contributed by atoms with van der Waals surface area (Å²) < 4.78 is 0. The van der Waals surface area contributed by atoms with Gasteiger partial charge in [0, 0.05) is 19.8 Å². The molecule has 0 fully saturated rings. The molecular weight excluding hydrogens is 254 g/mol. The van der Waals surface area contributed by atoms with Crippen molar-refractivity contribution in [1.82, 2.24) is 0 Å². The summed E-state index contributed by atoms with van der Waals surface area (Å²) in [6, 6.07) is 9.00. The summed E-state index contributed by atoms with van der Waals surface area (Å²) in [5.41, 5.74) is 2.77. The van der Waals surface area contributed by atoms with Crippen LogP contribution in [0.2, 0.25) is 0 Å². The molecule has 1 rings (SSSR count). The van der Waals surface area contributed by atoms with E-state index in [9.17, 15) is 0 Å². The second kappa shape index (κ2) is 11.7. The molecule has 0 aromatic heterocycles. The van der Waals surface area contributed by atoms with E-state index in [1.807, 2.05) is 0 Å². The van der Waals surface area contributed by atoms with Gasteiger partial charge in [0.05, 0.1) is 0 Å². The number of aryl methyl sites for hydroxylation is 1. The van der Waals surface area contributed by atoms with Gasteiger partial charge in [-0.1, -0.05) is 76.8 Å². The lowest BCUT2D eigenvalue weighted by Crippen LogP contribution is -2.08. The van der Waals surface area contributed by atoms with Crippen LogP contribution >= 0.6 is 0 Å². The summed E-state index contributed by atoms with van der Waals surface area (Å²) in [5, 5.41) is 0. The van der Waals surface area contributed by atoms with Crippen LogP contribution in [0.5, 0.6) is 0 Å². The molecule has 0 spiro atoms. The van der Waals surface area contributed by atoms with Crippen molar-refractivity contribution in [2.75, 3.05) is 19.0 Å². The fourth-order valence-electron chi connectivity index (χ4n) is 2.70. The predicted octanol–water partition coefficient (Wildman–Crippen LogP) is 6.03. The van der Waals surface area contributed by atoms with Crippen LogP contribution in [0.1, 0.15) is 69.8 Å². The number of rotatable bonds is 12. The number of unbranched alkanes of at least 4 members (excludes halogenated alkanes) is 9. The van der Waals surface area contributed by atoms with Gasteiger partial charge in [-0.25, -0.2) is 0 Å². The van der Waals surface area contributed by atoms with Crippen LogP contribution in [-0.4, -0.2) is 14.1 Å². The monoisotopic (exact) mass is 288 g/mol. The standard InChI is InChI=1S/C20H34N/c1-4-5-6-7-8-9-10-11-12-13-14-19-15-17-20(18-16-19)21(2)3/h15-18H,1,4-14H2,2-3H3. The van der Waals surface area contributed by atoms with Crippen LogP contribution < -0.4 is 4.90 Å². The Labute approximate surface area is 132 Å². The Morgan fingerprint density at radius 2 is 1.19 bits per heavy atom. The minimum atomic E-state index is 1.11. The van der Waals surface area contributed by atoms with Crippen molar-refractivity contribution in [2.45, 2.75) is 70.6 Å². The minimum Gasteiger partial charge on any atom is -0.378 e. The molecule has 1 aromatic rings. The second-order valence-electron chi connectivity index (χ2n) is 6.35. The van der Waals surface area contributed by atoms with E-state index in [0.29, 0.717) is 0 Å². The molecule has 1 aromatic carbocycles. The first-order valence-corrected chi connectivity index (χ1v) is 8.79. The van der Waals surface area contributed by atoms with E-state index in [-0.39, 0.29) is 0 Å². The molecule has 0 aliphatic carbocycles. The number of anilines is 1. The van der Waals surface area contributed by atoms with Crippen LogP contribution in [0.3, 0.4) is 0 Å². The van der Waals surface area contributed by atoms with Crippen LogP contribution in [0.4, 0.5) is 5.69 Å². The van der Waals surface area contributed by atoms with Crippen LogP contribution in [-0.2, 0) is 6.42 Å². The van der Waals surface area contributed by atoms with Crippen molar-refractivity contribution in [3.05, 3.63) is 36.8 Å². The first kappa shape index (κ1) is 18.1. The Hall–Kier alpha value is -0.980. The van der Waals surface area contributed by atoms with E-state index >= 15 is 0 Å². The SMILES string of the molecule is [CH2]CCCCCCCCCCCc1ccc(N(C)C)cc1. The van der Waals surface area contributed by atoms with Crippen LogP contribution in [0.25, 0.3) is 0 Å². The Morgan fingerprint density at radius 1 is 0.714 bits per heavy atom. The molecule has 0 atom stereocenters. The molecule has 0 bridgehead atoms. The third kappa shape index (κ3) is 8.80. The van der Waals surface area contributed by atoms with Crippen LogP contribution in [0.15, 0.2) is 24.3 Å². The molecule has 1 radical (unpaired) electrons. The van der Waals surface area contributed by atoms with Gasteiger partial charge in [-0.3, -0.25) is 0 Å². The molecule has 0 heterocycles. The third-order valence-electron chi connectivity index (χ3n) is 4.17. The number of hydrogen-bond donors (Lipinski definition) is 0. The topological polar surface area (TPSA) is 3.24 Å². The zero-order valence-electron chi connectivity index (χ0n) is 14.2. The fourth-order valence-corrected chi connectivity index (χ4v) is 2.70. The quantitative estimate of drug-likeness (QED) is 0.424. The molecule has 0 unspecified atom stereocenters. The zero-order valence-corrected chi connectivity index (χ0v) is 14.2. The minimum absolute atomic E-state index is 1.11. The second-order valence-corrected chi connectivity index (χ2v) is 6.35. The van der Waals surface area contributed by atoms with Crippen molar-refractivity contribution >= 4 is 5.69 Å². The third-order valence-corrected chi connectivity index (χ3v) is 4.17. The summed E-state index contributed by atoms with van der Waals surface area (Å²) in [6.07, 6.45) is 14.8. The highest BCUT2D eigenvalue weighted by molar-refractivity contribution is 5.45. The zero-order chi connectivity index (χ0) is 15.3. The van der Waals surface area contributed by atoms with E-state index in [1.165, 1.54) is 75.5 Å². The van der Waals surface area contributed by atoms with E-state index < -0.39 is 0 Å². The van der Waals surface area contributed by atoms with E-state index in [4.69, 9.17) is 0 Å². The van der Waals surface area contributed by atoms with Gasteiger partial charge in [-0.05, 0) is 30.5 Å². The van der Waals surface area contributed by atoms with Crippen molar-refractivity contribution < 1.29 is 0 Å². The molecule has 0 amide bonds. The van der Waals surface area contributed by atoms with Gasteiger partial charge >= 0.3 is 0 Å². The molecule has 119 valence electrons. The highest BCUT2D eigenvalue weighted by Gasteiger charge is 1.97. The fraction of sp³-hybridized carbons (Fsp3) is 0.650. The maximum absolute atomic E-state index is 3.89. The molecule has 1 nitrogen and oxygen atoms in total. The van der Waals surface area contributed by atoms with E-state index in [1.54, 1.807) is 0 Å². The van der Waals surface area contributed by atoms with Gasteiger partial charge in [-0.2, -0.15) is 0 Å². The molecular formula is C20H34N. The molecule has 21 heavy (non-hydrogen) atoms. The molecule has 0 saturated carbocycles. The van der Waals surface area contributed by atoms with Gasteiger partial charge in [0.2, 0.25) is 0 Å². The van der Waals surface area contributed by atoms with Gasteiger partial charge in [0.1, 0.15) is 0 Å². The molecule has 1 heteroatoms. The van der Waals surface area contributed by atoms with Crippen LogP contribution in [0, 0.1) is 6.92 Å². The maximum Gasteiger partial charge on any atom is 0.0361 e. The normalized spacial score (nSPS) is 10.8. The van der Waals surface area contributed by atoms with Crippen molar-refractivity contribution in [1.29, 1.82) is 0 Å². The summed E-state index contributed by atoms with van der Waals surface area (Å²) in [5.74, 6) is 0. The van der Waals surface area contributed by atoms with Gasteiger partial charge < -0.3 is 4.90 Å². The van der Waals surface area contributed by atoms with Gasteiger partial charge in [0.15, 0.2) is 0 Å². The summed E-state index contributed by atoms with van der Waals surface area (Å²) in [7, 11) is 4.18. The number of benzene rings is 1. The van der Waals surface area contributed by atoms with E-state index in [0.717, 1.165) is 6.42 Å². The van der Waals surface area contributed by atoms with Crippen molar-refractivity contribution in [3.63, 3.8) is 0 Å². The van der Waals surface area contributed by atoms with Crippen molar-refractivity contribution in [2.24, 2.45) is 0 Å².